The van der Waals surface area contributed by atoms with Crippen LogP contribution in [-0.4, -0.2) is 90.7 Å². The lowest BCUT2D eigenvalue weighted by Crippen LogP contribution is -2.23. The van der Waals surface area contributed by atoms with Crippen LogP contribution in [0.25, 0.3) is 12.2 Å². The van der Waals surface area contributed by atoms with Gasteiger partial charge >= 0.3 is 23.9 Å². The van der Waals surface area contributed by atoms with E-state index in [0.717, 1.165) is 40.4 Å². The van der Waals surface area contributed by atoms with Crippen molar-refractivity contribution < 1.29 is 47.6 Å². The molecule has 4 aromatic carbocycles. The van der Waals surface area contributed by atoms with E-state index in [4.69, 9.17) is 28.4 Å². The summed E-state index contributed by atoms with van der Waals surface area (Å²) >= 11 is 0. The fourth-order valence-electron chi connectivity index (χ4n) is 5.70. The number of nitrogens with zero attached hydrogens (tertiary/aromatic N) is 4. The maximum Gasteiger partial charge on any atom is 0.349 e. The Bertz CT molecular complexity index is 2260. The molecule has 0 aromatic heterocycles. The number of ether oxygens (including phenoxy) is 6. The van der Waals surface area contributed by atoms with Gasteiger partial charge in [0.05, 0.1) is 13.1 Å². The first-order valence-corrected chi connectivity index (χ1v) is 20.5. The van der Waals surface area contributed by atoms with Crippen molar-refractivity contribution in [1.29, 1.82) is 10.5 Å². The van der Waals surface area contributed by atoms with E-state index in [1.807, 2.05) is 109 Å². The smallest absolute Gasteiger partial charge is 0.349 e. The number of likely N-dealkylation sites (N-methyl/N-ethyl adjacent to an activating group) is 2. The Morgan fingerprint density at radius 3 is 1.14 bits per heavy atom. The minimum Gasteiger partial charge on any atom is -0.492 e. The van der Waals surface area contributed by atoms with Crippen LogP contribution in [0.15, 0.2) is 133 Å². The number of hydrogen-bond donors (Lipinski definition) is 0. The van der Waals surface area contributed by atoms with Gasteiger partial charge in [-0.25, -0.2) is 19.2 Å². The van der Waals surface area contributed by atoms with Gasteiger partial charge in [0.25, 0.3) is 0 Å². The molecule has 14 heteroatoms. The van der Waals surface area contributed by atoms with Crippen LogP contribution in [0.4, 0.5) is 11.4 Å². The first-order chi connectivity index (χ1) is 31.3. The molecule has 0 unspecified atom stereocenters. The van der Waals surface area contributed by atoms with Crippen LogP contribution in [0, 0.1) is 22.7 Å². The molecule has 0 aliphatic heterocycles. The lowest BCUT2D eigenvalue weighted by molar-refractivity contribution is -0.147. The molecule has 0 aliphatic carbocycles. The molecule has 336 valence electrons. The van der Waals surface area contributed by atoms with Crippen LogP contribution in [0.2, 0.25) is 0 Å². The molecular formula is C51H52N4O10. The fraction of sp³-hybridized carbons (Fsp3) is 0.255. The summed E-state index contributed by atoms with van der Waals surface area (Å²) in [4.78, 5) is 51.6. The monoisotopic (exact) mass is 880 g/mol. The predicted octanol–water partition coefficient (Wildman–Crippen LogP) is 7.45. The highest BCUT2D eigenvalue weighted by atomic mass is 16.6. The van der Waals surface area contributed by atoms with Crippen molar-refractivity contribution in [3.8, 4) is 23.6 Å². The summed E-state index contributed by atoms with van der Waals surface area (Å²) in [7, 11) is 3.89. The van der Waals surface area contributed by atoms with E-state index in [-0.39, 0.29) is 48.7 Å². The average Bonchev–Trinajstić information content (AvgIpc) is 3.31. The molecule has 0 aliphatic rings. The van der Waals surface area contributed by atoms with E-state index in [1.54, 1.807) is 24.3 Å². The van der Waals surface area contributed by atoms with Crippen LogP contribution in [0.3, 0.4) is 0 Å². The van der Waals surface area contributed by atoms with Crippen LogP contribution < -0.4 is 19.3 Å². The van der Waals surface area contributed by atoms with Gasteiger partial charge in [0.2, 0.25) is 0 Å². The number of benzene rings is 4. The highest BCUT2D eigenvalue weighted by Gasteiger charge is 2.14. The summed E-state index contributed by atoms with van der Waals surface area (Å²) in [5.74, 6) is -1.25. The fourth-order valence-corrected chi connectivity index (χ4v) is 5.70. The zero-order valence-corrected chi connectivity index (χ0v) is 37.0. The first kappa shape index (κ1) is 49.6. The Morgan fingerprint density at radius 1 is 0.508 bits per heavy atom. The summed E-state index contributed by atoms with van der Waals surface area (Å²) in [5.41, 5.74) is 5.57. The van der Waals surface area contributed by atoms with E-state index in [2.05, 4.69) is 13.2 Å². The number of nitriles is 2. The van der Waals surface area contributed by atoms with E-state index in [0.29, 0.717) is 37.4 Å². The maximum absolute atomic E-state index is 12.3. The van der Waals surface area contributed by atoms with Gasteiger partial charge < -0.3 is 38.2 Å². The quantitative estimate of drug-likeness (QED) is 0.0223. The highest BCUT2D eigenvalue weighted by Crippen LogP contribution is 2.21. The summed E-state index contributed by atoms with van der Waals surface area (Å²) in [5, 5.41) is 18.9. The second-order valence-electron chi connectivity index (χ2n) is 14.6. The Balaban J connectivity index is 1.14. The van der Waals surface area contributed by atoms with Crippen molar-refractivity contribution in [1.82, 2.24) is 0 Å². The Kier molecular flexibility index (Phi) is 19.6. The third kappa shape index (κ3) is 16.9. The van der Waals surface area contributed by atoms with E-state index < -0.39 is 23.9 Å². The lowest BCUT2D eigenvalue weighted by atomic mass is 10.0. The number of carbonyl (C=O) groups excluding carboxylic acids is 4. The molecule has 0 atom stereocenters. The van der Waals surface area contributed by atoms with Gasteiger partial charge in [-0.2, -0.15) is 10.5 Å². The molecule has 0 saturated carbocycles. The zero-order chi connectivity index (χ0) is 47.1. The summed E-state index contributed by atoms with van der Waals surface area (Å²) in [6, 6.07) is 34.5. The zero-order valence-electron chi connectivity index (χ0n) is 37.0. The first-order valence-electron chi connectivity index (χ1n) is 20.5. The standard InChI is InChI=1S/C51H52N4O10/c1-36(2)48(56)62-27-29-64-50(58)42(34-52)32-40-7-15-44(16-8-40)54(5)23-25-60-46-19-11-38(12-20-46)31-39-13-21-47(22-14-39)61-26-24-55(6)45-17-9-41(10-18-45)33-43(35-53)51(59)65-30-28-63-49(57)37(3)4/h7-22,32-33H,1,3,23-31H2,2,4-6H3/b42-32+,43-33+. The van der Waals surface area contributed by atoms with Crippen molar-refractivity contribution >= 4 is 47.4 Å². The molecular weight excluding hydrogens is 829 g/mol. The summed E-state index contributed by atoms with van der Waals surface area (Å²) in [6.45, 7) is 11.5. The predicted molar refractivity (Wildman–Crippen MR) is 247 cm³/mol. The second kappa shape index (κ2) is 25.7. The lowest BCUT2D eigenvalue weighted by Gasteiger charge is -2.20. The van der Waals surface area contributed by atoms with E-state index in [9.17, 15) is 29.7 Å². The van der Waals surface area contributed by atoms with Gasteiger partial charge in [-0.3, -0.25) is 0 Å². The van der Waals surface area contributed by atoms with Crippen molar-refractivity contribution in [2.45, 2.75) is 20.3 Å². The summed E-state index contributed by atoms with van der Waals surface area (Å²) < 4.78 is 31.9. The van der Waals surface area contributed by atoms with Crippen LogP contribution in [0.1, 0.15) is 36.1 Å². The molecule has 4 aromatic rings. The minimum atomic E-state index is -0.807. The van der Waals surface area contributed by atoms with Crippen molar-refractivity contribution in [3.05, 3.63) is 155 Å². The van der Waals surface area contributed by atoms with E-state index >= 15 is 0 Å². The molecule has 0 N–H and O–H groups in total. The molecule has 0 spiro atoms. The van der Waals surface area contributed by atoms with Gasteiger partial charge in [0.15, 0.2) is 0 Å². The molecule has 4 rings (SSSR count). The molecule has 0 fully saturated rings. The second-order valence-corrected chi connectivity index (χ2v) is 14.6. The minimum absolute atomic E-state index is 0.135. The Morgan fingerprint density at radius 2 is 0.831 bits per heavy atom. The average molecular weight is 881 g/mol. The molecule has 0 bridgehead atoms. The third-order valence-corrected chi connectivity index (χ3v) is 9.41. The SMILES string of the molecule is C=C(C)C(=O)OCCOC(=O)/C(C#N)=C/c1ccc(N(C)CCOc2ccc(Cc3ccc(OCCN(C)c4ccc(/C=C(\C#N)C(=O)OCCOC(=O)C(=C)C)cc4)cc3)cc2)cc1. The van der Waals surface area contributed by atoms with Gasteiger partial charge in [0.1, 0.15) is 74.4 Å². The van der Waals surface area contributed by atoms with Crippen LogP contribution in [0.5, 0.6) is 11.5 Å². The summed E-state index contributed by atoms with van der Waals surface area (Å²) in [6.07, 6.45) is 3.62. The Labute approximate surface area is 379 Å². The van der Waals surface area contributed by atoms with Gasteiger partial charge in [-0.1, -0.05) is 61.7 Å². The molecule has 65 heavy (non-hydrogen) atoms. The molecule has 0 heterocycles. The topological polar surface area (TPSA) is 178 Å². The molecule has 0 saturated heterocycles. The van der Waals surface area contributed by atoms with Crippen molar-refractivity contribution in [3.63, 3.8) is 0 Å². The van der Waals surface area contributed by atoms with Gasteiger partial charge in [-0.05, 0) is 103 Å². The largest absolute Gasteiger partial charge is 0.492 e. The third-order valence-electron chi connectivity index (χ3n) is 9.41. The van der Waals surface area contributed by atoms with Crippen LogP contribution in [-0.2, 0) is 44.5 Å². The number of anilines is 2. The van der Waals surface area contributed by atoms with Gasteiger partial charge in [-0.15, -0.1) is 0 Å². The van der Waals surface area contributed by atoms with Crippen molar-refractivity contribution in [2.24, 2.45) is 0 Å². The van der Waals surface area contributed by atoms with Gasteiger partial charge in [0, 0.05) is 36.6 Å². The number of hydrogen-bond acceptors (Lipinski definition) is 14. The molecule has 0 amide bonds. The number of rotatable bonds is 24. The number of esters is 4. The number of carbonyl (C=O) groups is 4. The Hall–Kier alpha value is -8.10. The van der Waals surface area contributed by atoms with Crippen molar-refractivity contribution in [2.75, 3.05) is 76.6 Å². The molecule has 0 radical (unpaired) electrons. The highest BCUT2D eigenvalue weighted by molar-refractivity contribution is 5.98. The molecule has 14 nitrogen and oxygen atoms in total. The normalized spacial score (nSPS) is 10.9. The van der Waals surface area contributed by atoms with Crippen LogP contribution >= 0.6 is 0 Å². The van der Waals surface area contributed by atoms with E-state index in [1.165, 1.54) is 26.0 Å². The maximum atomic E-state index is 12.3.